The summed E-state index contributed by atoms with van der Waals surface area (Å²) < 4.78 is 1.86. The van der Waals surface area contributed by atoms with Gasteiger partial charge >= 0.3 is 0 Å². The van der Waals surface area contributed by atoms with Crippen LogP contribution in [0.3, 0.4) is 0 Å². The van der Waals surface area contributed by atoms with Crippen LogP contribution in [-0.2, 0) is 4.79 Å². The van der Waals surface area contributed by atoms with Crippen LogP contribution in [0.4, 0.5) is 0 Å². The summed E-state index contributed by atoms with van der Waals surface area (Å²) in [6.45, 7) is 1.85. The molecular formula is C16H24N6OS. The molecule has 0 saturated heterocycles. The van der Waals surface area contributed by atoms with Gasteiger partial charge in [-0.05, 0) is 43.0 Å². The lowest BCUT2D eigenvalue weighted by molar-refractivity contribution is -0.121. The zero-order valence-electron chi connectivity index (χ0n) is 14.1. The minimum Gasteiger partial charge on any atom is -0.337 e. The molecule has 24 heavy (non-hydrogen) atoms. The summed E-state index contributed by atoms with van der Waals surface area (Å²) in [6, 6.07) is 2.68. The van der Waals surface area contributed by atoms with Crippen molar-refractivity contribution in [3.8, 4) is 6.07 Å². The first kappa shape index (κ1) is 17.2. The fourth-order valence-corrected chi connectivity index (χ4v) is 4.47. The van der Waals surface area contributed by atoms with Gasteiger partial charge in [-0.15, -0.1) is 5.10 Å². The van der Waals surface area contributed by atoms with Crippen molar-refractivity contribution in [1.29, 1.82) is 5.26 Å². The van der Waals surface area contributed by atoms with Crippen LogP contribution in [0.1, 0.15) is 70.8 Å². The predicted octanol–water partition coefficient (Wildman–Crippen LogP) is 2.61. The number of rotatable bonds is 5. The lowest BCUT2D eigenvalue weighted by atomic mass is 9.83. The Balaban J connectivity index is 1.62. The first-order valence-corrected chi connectivity index (χ1v) is 9.69. The largest absolute Gasteiger partial charge is 0.337 e. The van der Waals surface area contributed by atoms with E-state index < -0.39 is 5.54 Å². The molecule has 1 aromatic rings. The number of hydrogen-bond donors (Lipinski definition) is 1. The van der Waals surface area contributed by atoms with Crippen LogP contribution in [0.2, 0.25) is 0 Å². The maximum Gasteiger partial charge on any atom is 0.234 e. The summed E-state index contributed by atoms with van der Waals surface area (Å²) in [5.41, 5.74) is -0.693. The molecule has 3 rings (SSSR count). The number of amides is 1. The van der Waals surface area contributed by atoms with Gasteiger partial charge in [0.1, 0.15) is 5.54 Å². The molecule has 0 aromatic carbocycles. The lowest BCUT2D eigenvalue weighted by Crippen LogP contribution is -2.51. The van der Waals surface area contributed by atoms with E-state index in [4.69, 9.17) is 0 Å². The number of carbonyl (C=O) groups is 1. The van der Waals surface area contributed by atoms with Crippen molar-refractivity contribution in [2.45, 2.75) is 86.7 Å². The Bertz CT molecular complexity index is 612. The molecule has 1 heterocycles. The molecule has 0 bridgehead atoms. The molecule has 1 amide bonds. The van der Waals surface area contributed by atoms with Crippen molar-refractivity contribution in [3.63, 3.8) is 0 Å². The fraction of sp³-hybridized carbons (Fsp3) is 0.812. The number of nitriles is 1. The summed E-state index contributed by atoms with van der Waals surface area (Å²) in [6.07, 6.45) is 9.21. The van der Waals surface area contributed by atoms with Crippen LogP contribution in [-0.4, -0.2) is 36.9 Å². The molecule has 2 saturated carbocycles. The highest BCUT2D eigenvalue weighted by molar-refractivity contribution is 8.00. The van der Waals surface area contributed by atoms with Crippen LogP contribution < -0.4 is 5.32 Å². The molecule has 0 radical (unpaired) electrons. The average molecular weight is 348 g/mol. The first-order chi connectivity index (χ1) is 11.6. The van der Waals surface area contributed by atoms with Gasteiger partial charge in [-0.25, -0.2) is 4.68 Å². The molecule has 0 aliphatic heterocycles. The molecule has 130 valence electrons. The van der Waals surface area contributed by atoms with Crippen LogP contribution in [0.15, 0.2) is 5.16 Å². The van der Waals surface area contributed by atoms with E-state index in [9.17, 15) is 10.1 Å². The molecule has 1 N–H and O–H groups in total. The number of tetrazole rings is 1. The fourth-order valence-electron chi connectivity index (χ4n) is 3.61. The normalized spacial score (nSPS) is 22.0. The third kappa shape index (κ3) is 3.72. The summed E-state index contributed by atoms with van der Waals surface area (Å²) in [5, 5.41) is 24.8. The summed E-state index contributed by atoms with van der Waals surface area (Å²) in [4.78, 5) is 12.6. The van der Waals surface area contributed by atoms with Crippen molar-refractivity contribution in [2.75, 3.05) is 0 Å². The highest BCUT2D eigenvalue weighted by Gasteiger charge is 2.35. The number of nitrogens with zero attached hydrogens (tertiary/aromatic N) is 5. The number of nitrogens with one attached hydrogen (secondary N) is 1. The third-order valence-corrected chi connectivity index (χ3v) is 6.12. The van der Waals surface area contributed by atoms with E-state index in [0.29, 0.717) is 11.2 Å². The van der Waals surface area contributed by atoms with Gasteiger partial charge in [-0.3, -0.25) is 4.79 Å². The second-order valence-corrected chi connectivity index (χ2v) is 8.16. The molecule has 8 heteroatoms. The zero-order chi connectivity index (χ0) is 17.0. The van der Waals surface area contributed by atoms with E-state index in [-0.39, 0.29) is 11.2 Å². The number of carbonyl (C=O) groups excluding carboxylic acids is 1. The maximum atomic E-state index is 12.6. The van der Waals surface area contributed by atoms with Gasteiger partial charge in [0.2, 0.25) is 11.1 Å². The van der Waals surface area contributed by atoms with Crippen molar-refractivity contribution in [1.82, 2.24) is 25.5 Å². The van der Waals surface area contributed by atoms with Crippen molar-refractivity contribution < 1.29 is 4.79 Å². The van der Waals surface area contributed by atoms with Gasteiger partial charge in [0.25, 0.3) is 0 Å². The Morgan fingerprint density at radius 2 is 2.04 bits per heavy atom. The summed E-state index contributed by atoms with van der Waals surface area (Å²) >= 11 is 1.37. The predicted molar refractivity (Wildman–Crippen MR) is 90.2 cm³/mol. The Kier molecular flexibility index (Phi) is 5.39. The van der Waals surface area contributed by atoms with Gasteiger partial charge in [-0.1, -0.05) is 43.9 Å². The lowest BCUT2D eigenvalue weighted by Gasteiger charge is -2.32. The van der Waals surface area contributed by atoms with E-state index in [0.717, 1.165) is 44.9 Å². The van der Waals surface area contributed by atoms with Gasteiger partial charge in [0.05, 0.1) is 17.4 Å². The Hall–Kier alpha value is -1.62. The number of thioether (sulfide) groups is 1. The molecule has 2 aliphatic rings. The molecule has 2 fully saturated rings. The van der Waals surface area contributed by atoms with E-state index in [1.807, 2.05) is 11.6 Å². The SMILES string of the molecule is C[C@H](Sc1nnnn1C1CCCC1)C(=O)NC1(C#N)CCCCC1. The summed E-state index contributed by atoms with van der Waals surface area (Å²) in [5.74, 6) is -0.107. The standard InChI is InChI=1S/C16H24N6OS/c1-12(14(23)18-16(11-17)9-5-2-6-10-16)24-15-19-20-21-22(15)13-7-3-4-8-13/h12-13H,2-10H2,1H3,(H,18,23)/t12-/m0/s1. The van der Waals surface area contributed by atoms with Crippen molar-refractivity contribution in [3.05, 3.63) is 0 Å². The highest BCUT2D eigenvalue weighted by Crippen LogP contribution is 2.33. The topological polar surface area (TPSA) is 96.5 Å². The van der Waals surface area contributed by atoms with Crippen LogP contribution in [0.5, 0.6) is 0 Å². The van der Waals surface area contributed by atoms with E-state index in [2.05, 4.69) is 26.9 Å². The van der Waals surface area contributed by atoms with Gasteiger partial charge in [0, 0.05) is 0 Å². The second kappa shape index (κ2) is 7.51. The zero-order valence-corrected chi connectivity index (χ0v) is 14.9. The minimum absolute atomic E-state index is 0.107. The number of aromatic nitrogens is 4. The molecular weight excluding hydrogens is 324 g/mol. The summed E-state index contributed by atoms with van der Waals surface area (Å²) in [7, 11) is 0. The quantitative estimate of drug-likeness (QED) is 0.822. The third-order valence-electron chi connectivity index (χ3n) is 5.07. The average Bonchev–Trinajstić information content (AvgIpc) is 3.26. The van der Waals surface area contributed by atoms with Crippen LogP contribution in [0, 0.1) is 11.3 Å². The molecule has 1 atom stereocenters. The van der Waals surface area contributed by atoms with Gasteiger partial charge < -0.3 is 5.32 Å². The Morgan fingerprint density at radius 1 is 1.33 bits per heavy atom. The molecule has 1 aromatic heterocycles. The van der Waals surface area contributed by atoms with Gasteiger partial charge in [0.15, 0.2) is 0 Å². The Labute approximate surface area is 146 Å². The molecule has 7 nitrogen and oxygen atoms in total. The van der Waals surface area contributed by atoms with E-state index in [1.54, 1.807) is 0 Å². The van der Waals surface area contributed by atoms with E-state index >= 15 is 0 Å². The Morgan fingerprint density at radius 3 is 2.71 bits per heavy atom. The monoisotopic (exact) mass is 348 g/mol. The molecule has 0 unspecified atom stereocenters. The van der Waals surface area contributed by atoms with E-state index in [1.165, 1.54) is 24.6 Å². The van der Waals surface area contributed by atoms with Gasteiger partial charge in [-0.2, -0.15) is 5.26 Å². The smallest absolute Gasteiger partial charge is 0.234 e. The highest BCUT2D eigenvalue weighted by atomic mass is 32.2. The minimum atomic E-state index is -0.693. The van der Waals surface area contributed by atoms with Crippen molar-refractivity contribution >= 4 is 17.7 Å². The molecule has 2 aliphatic carbocycles. The van der Waals surface area contributed by atoms with Crippen LogP contribution in [0.25, 0.3) is 0 Å². The second-order valence-electron chi connectivity index (χ2n) is 6.85. The maximum absolute atomic E-state index is 12.6. The first-order valence-electron chi connectivity index (χ1n) is 8.81. The molecule has 0 spiro atoms. The van der Waals surface area contributed by atoms with Crippen LogP contribution >= 0.6 is 11.8 Å². The van der Waals surface area contributed by atoms with Crippen molar-refractivity contribution in [2.24, 2.45) is 0 Å². The number of hydrogen-bond acceptors (Lipinski definition) is 6.